The largest absolute Gasteiger partial charge is 0.325 e. The Morgan fingerprint density at radius 3 is 1.94 bits per heavy atom. The quantitative estimate of drug-likeness (QED) is 0.736. The Labute approximate surface area is 109 Å². The molecule has 0 amide bonds. The van der Waals surface area contributed by atoms with Crippen molar-refractivity contribution in [3.63, 3.8) is 0 Å². The van der Waals surface area contributed by atoms with Crippen molar-refractivity contribution >= 4 is 0 Å². The third-order valence-electron chi connectivity index (χ3n) is 5.73. The summed E-state index contributed by atoms with van der Waals surface area (Å²) in [7, 11) is 0. The molecule has 1 aliphatic carbocycles. The molecule has 0 aromatic rings. The summed E-state index contributed by atoms with van der Waals surface area (Å²) in [6.07, 6.45) is 8.95. The lowest BCUT2D eigenvalue weighted by Gasteiger charge is -2.46. The maximum absolute atomic E-state index is 6.67. The summed E-state index contributed by atoms with van der Waals surface area (Å²) in [5.41, 5.74) is 7.32. The zero-order valence-corrected chi connectivity index (χ0v) is 12.7. The Morgan fingerprint density at radius 1 is 1.12 bits per heavy atom. The van der Waals surface area contributed by atoms with E-state index >= 15 is 0 Å². The van der Waals surface area contributed by atoms with E-state index < -0.39 is 0 Å². The molecule has 0 aromatic heterocycles. The highest BCUT2D eigenvalue weighted by Crippen LogP contribution is 2.45. The molecule has 0 atom stereocenters. The first-order chi connectivity index (χ1) is 7.89. The standard InChI is InChI=1S/C16H33N/c1-6-13(7-2)16(17)11-9-14(10-12-16)15(4,5)8-3/h13-14H,6-12,17H2,1-5H3. The van der Waals surface area contributed by atoms with E-state index in [1.807, 2.05) is 0 Å². The number of hydrogen-bond acceptors (Lipinski definition) is 1. The van der Waals surface area contributed by atoms with Gasteiger partial charge in [-0.25, -0.2) is 0 Å². The van der Waals surface area contributed by atoms with Gasteiger partial charge in [-0.15, -0.1) is 0 Å². The van der Waals surface area contributed by atoms with Crippen LogP contribution in [-0.4, -0.2) is 5.54 Å². The number of hydrogen-bond donors (Lipinski definition) is 1. The summed E-state index contributed by atoms with van der Waals surface area (Å²) in [5, 5.41) is 0. The van der Waals surface area contributed by atoms with Crippen LogP contribution < -0.4 is 5.73 Å². The second kappa shape index (κ2) is 5.73. The number of nitrogens with two attached hydrogens (primary N) is 1. The molecule has 0 aromatic carbocycles. The number of rotatable bonds is 5. The molecule has 1 nitrogen and oxygen atoms in total. The maximum Gasteiger partial charge on any atom is 0.0182 e. The maximum atomic E-state index is 6.67. The Morgan fingerprint density at radius 2 is 1.59 bits per heavy atom. The van der Waals surface area contributed by atoms with Gasteiger partial charge in [-0.3, -0.25) is 0 Å². The lowest BCUT2D eigenvalue weighted by molar-refractivity contribution is 0.0852. The van der Waals surface area contributed by atoms with E-state index in [4.69, 9.17) is 5.73 Å². The molecule has 1 saturated carbocycles. The van der Waals surface area contributed by atoms with E-state index in [2.05, 4.69) is 34.6 Å². The summed E-state index contributed by atoms with van der Waals surface area (Å²) >= 11 is 0. The van der Waals surface area contributed by atoms with Crippen molar-refractivity contribution in [3.8, 4) is 0 Å². The van der Waals surface area contributed by atoms with Crippen molar-refractivity contribution in [2.75, 3.05) is 0 Å². The molecule has 0 spiro atoms. The molecule has 1 rings (SSSR count). The lowest BCUT2D eigenvalue weighted by atomic mass is 9.62. The van der Waals surface area contributed by atoms with Crippen molar-refractivity contribution in [2.45, 2.75) is 85.1 Å². The van der Waals surface area contributed by atoms with Gasteiger partial charge in [0.05, 0.1) is 0 Å². The van der Waals surface area contributed by atoms with Crippen LogP contribution in [0, 0.1) is 17.3 Å². The van der Waals surface area contributed by atoms with E-state index in [9.17, 15) is 0 Å². The molecule has 102 valence electrons. The zero-order chi connectivity index (χ0) is 13.1. The Balaban J connectivity index is 2.61. The van der Waals surface area contributed by atoms with Crippen molar-refractivity contribution in [1.82, 2.24) is 0 Å². The van der Waals surface area contributed by atoms with Crippen LogP contribution in [0.2, 0.25) is 0 Å². The van der Waals surface area contributed by atoms with Crippen LogP contribution in [0.4, 0.5) is 0 Å². The molecule has 2 N–H and O–H groups in total. The van der Waals surface area contributed by atoms with Gasteiger partial charge in [0.1, 0.15) is 0 Å². The molecule has 0 bridgehead atoms. The van der Waals surface area contributed by atoms with Crippen LogP contribution in [0.5, 0.6) is 0 Å². The predicted octanol–water partition coefficient (Wildman–Crippen LogP) is 4.75. The van der Waals surface area contributed by atoms with Crippen LogP contribution in [0.3, 0.4) is 0 Å². The minimum Gasteiger partial charge on any atom is -0.325 e. The highest BCUT2D eigenvalue weighted by molar-refractivity contribution is 4.96. The van der Waals surface area contributed by atoms with Gasteiger partial charge >= 0.3 is 0 Å². The highest BCUT2D eigenvalue weighted by Gasteiger charge is 2.40. The van der Waals surface area contributed by atoms with Crippen LogP contribution in [0.15, 0.2) is 0 Å². The second-order valence-electron chi connectivity index (χ2n) is 6.86. The van der Waals surface area contributed by atoms with E-state index in [1.165, 1.54) is 44.9 Å². The molecule has 0 heterocycles. The summed E-state index contributed by atoms with van der Waals surface area (Å²) in [5.74, 6) is 1.62. The summed E-state index contributed by atoms with van der Waals surface area (Å²) < 4.78 is 0. The summed E-state index contributed by atoms with van der Waals surface area (Å²) in [6.45, 7) is 11.8. The normalized spacial score (nSPS) is 30.9. The lowest BCUT2D eigenvalue weighted by Crippen LogP contribution is -2.50. The Bertz CT molecular complexity index is 220. The fraction of sp³-hybridized carbons (Fsp3) is 1.00. The van der Waals surface area contributed by atoms with E-state index in [-0.39, 0.29) is 5.54 Å². The summed E-state index contributed by atoms with van der Waals surface area (Å²) in [4.78, 5) is 0. The zero-order valence-electron chi connectivity index (χ0n) is 12.7. The molecule has 0 radical (unpaired) electrons. The van der Waals surface area contributed by atoms with Gasteiger partial charge in [0.15, 0.2) is 0 Å². The molecule has 0 aliphatic heterocycles. The molecule has 0 unspecified atom stereocenters. The van der Waals surface area contributed by atoms with Crippen LogP contribution in [0.1, 0.15) is 79.6 Å². The Kier molecular flexibility index (Phi) is 5.07. The molecular weight excluding hydrogens is 206 g/mol. The van der Waals surface area contributed by atoms with Gasteiger partial charge in [0.2, 0.25) is 0 Å². The van der Waals surface area contributed by atoms with Crippen LogP contribution in [0.25, 0.3) is 0 Å². The van der Waals surface area contributed by atoms with Crippen LogP contribution in [-0.2, 0) is 0 Å². The average molecular weight is 239 g/mol. The van der Waals surface area contributed by atoms with E-state index in [0.29, 0.717) is 5.41 Å². The monoisotopic (exact) mass is 239 g/mol. The first-order valence-electron chi connectivity index (χ1n) is 7.68. The van der Waals surface area contributed by atoms with E-state index in [0.717, 1.165) is 11.8 Å². The highest BCUT2D eigenvalue weighted by atomic mass is 14.8. The van der Waals surface area contributed by atoms with Gasteiger partial charge in [0, 0.05) is 5.54 Å². The van der Waals surface area contributed by atoms with Gasteiger partial charge in [0.25, 0.3) is 0 Å². The molecule has 1 aliphatic rings. The van der Waals surface area contributed by atoms with Crippen LogP contribution >= 0.6 is 0 Å². The van der Waals surface area contributed by atoms with Gasteiger partial charge in [-0.2, -0.15) is 0 Å². The van der Waals surface area contributed by atoms with Gasteiger partial charge in [-0.1, -0.05) is 53.9 Å². The Hall–Kier alpha value is -0.0400. The topological polar surface area (TPSA) is 26.0 Å². The minimum absolute atomic E-state index is 0.143. The molecular formula is C16H33N. The summed E-state index contributed by atoms with van der Waals surface area (Å²) in [6, 6.07) is 0. The third-order valence-corrected chi connectivity index (χ3v) is 5.73. The third kappa shape index (κ3) is 3.24. The van der Waals surface area contributed by atoms with E-state index in [1.54, 1.807) is 0 Å². The minimum atomic E-state index is 0.143. The second-order valence-corrected chi connectivity index (χ2v) is 6.86. The fourth-order valence-corrected chi connectivity index (χ4v) is 3.74. The molecule has 17 heavy (non-hydrogen) atoms. The van der Waals surface area contributed by atoms with Gasteiger partial charge in [-0.05, 0) is 42.9 Å². The van der Waals surface area contributed by atoms with Crippen molar-refractivity contribution in [2.24, 2.45) is 23.0 Å². The first-order valence-corrected chi connectivity index (χ1v) is 7.68. The smallest absolute Gasteiger partial charge is 0.0182 e. The molecule has 1 heteroatoms. The van der Waals surface area contributed by atoms with Crippen molar-refractivity contribution in [3.05, 3.63) is 0 Å². The fourth-order valence-electron chi connectivity index (χ4n) is 3.74. The van der Waals surface area contributed by atoms with Gasteiger partial charge < -0.3 is 5.73 Å². The predicted molar refractivity (Wildman–Crippen MR) is 77.0 cm³/mol. The molecule has 1 fully saturated rings. The van der Waals surface area contributed by atoms with Crippen molar-refractivity contribution < 1.29 is 0 Å². The van der Waals surface area contributed by atoms with Crippen molar-refractivity contribution in [1.29, 1.82) is 0 Å². The molecule has 0 saturated heterocycles. The SMILES string of the molecule is CCC(CC)C1(N)CCC(C(C)(C)CC)CC1. The first kappa shape index (κ1) is 15.0. The average Bonchev–Trinajstić information content (AvgIpc) is 2.31.